The Labute approximate surface area is 102 Å². The van der Waals surface area contributed by atoms with Gasteiger partial charge in [0.15, 0.2) is 0 Å². The zero-order chi connectivity index (χ0) is 11.7. The average Bonchev–Trinajstić information content (AvgIpc) is 2.18. The molecule has 16 heavy (non-hydrogen) atoms. The first-order chi connectivity index (χ1) is 7.56. The highest BCUT2D eigenvalue weighted by molar-refractivity contribution is 9.10. The lowest BCUT2D eigenvalue weighted by molar-refractivity contribution is -0.114. The number of benzene rings is 1. The summed E-state index contributed by atoms with van der Waals surface area (Å²) < 4.78 is 0.988. The van der Waals surface area contributed by atoms with Crippen molar-refractivity contribution in [1.82, 2.24) is 4.98 Å². The Balaban J connectivity index is 2.57. The number of hydrogen-bond acceptors (Lipinski definition) is 2. The van der Waals surface area contributed by atoms with Crippen molar-refractivity contribution in [2.24, 2.45) is 0 Å². The van der Waals surface area contributed by atoms with Gasteiger partial charge in [0.1, 0.15) is 0 Å². The molecule has 0 aliphatic rings. The maximum Gasteiger partial charge on any atom is 0.221 e. The Bertz CT molecular complexity index is 566. The molecule has 82 valence electrons. The third-order valence-electron chi connectivity index (χ3n) is 2.21. The topological polar surface area (TPSA) is 42.0 Å². The number of aromatic nitrogens is 1. The van der Waals surface area contributed by atoms with Crippen LogP contribution in [-0.2, 0) is 4.79 Å². The molecule has 0 unspecified atom stereocenters. The van der Waals surface area contributed by atoms with Gasteiger partial charge in [0.05, 0.1) is 5.52 Å². The molecular formula is C12H11BrN2O. The number of hydrogen-bond donors (Lipinski definition) is 1. The minimum Gasteiger partial charge on any atom is -0.326 e. The molecule has 0 spiro atoms. The fourth-order valence-corrected chi connectivity index (χ4v) is 2.24. The second kappa shape index (κ2) is 4.22. The number of carbonyl (C=O) groups excluding carboxylic acids is 1. The van der Waals surface area contributed by atoms with E-state index < -0.39 is 0 Å². The molecule has 1 heterocycles. The summed E-state index contributed by atoms with van der Waals surface area (Å²) in [6, 6.07) is 7.62. The van der Waals surface area contributed by atoms with Crippen molar-refractivity contribution in [1.29, 1.82) is 0 Å². The molecule has 1 aromatic carbocycles. The summed E-state index contributed by atoms with van der Waals surface area (Å²) in [5.74, 6) is -0.0736. The van der Waals surface area contributed by atoms with Gasteiger partial charge in [0.2, 0.25) is 5.91 Å². The van der Waals surface area contributed by atoms with Crippen molar-refractivity contribution >= 4 is 38.4 Å². The predicted molar refractivity (Wildman–Crippen MR) is 68.5 cm³/mol. The monoisotopic (exact) mass is 278 g/mol. The molecule has 0 atom stereocenters. The lowest BCUT2D eigenvalue weighted by Gasteiger charge is -2.06. The van der Waals surface area contributed by atoms with Crippen LogP contribution in [-0.4, -0.2) is 10.9 Å². The number of nitrogens with zero attached hydrogens (tertiary/aromatic N) is 1. The summed E-state index contributed by atoms with van der Waals surface area (Å²) in [5.41, 5.74) is 2.67. The van der Waals surface area contributed by atoms with E-state index in [0.717, 1.165) is 26.8 Å². The first-order valence-electron chi connectivity index (χ1n) is 4.91. The van der Waals surface area contributed by atoms with Crippen molar-refractivity contribution in [2.45, 2.75) is 13.8 Å². The van der Waals surface area contributed by atoms with E-state index in [-0.39, 0.29) is 5.91 Å². The maximum absolute atomic E-state index is 10.9. The summed E-state index contributed by atoms with van der Waals surface area (Å²) in [6.07, 6.45) is 0. The van der Waals surface area contributed by atoms with Crippen LogP contribution in [0.1, 0.15) is 12.6 Å². The maximum atomic E-state index is 10.9. The second-order valence-corrected chi connectivity index (χ2v) is 4.51. The highest BCUT2D eigenvalue weighted by Gasteiger charge is 2.03. The number of nitrogens with one attached hydrogen (secondary N) is 1. The van der Waals surface area contributed by atoms with E-state index in [0.29, 0.717) is 0 Å². The van der Waals surface area contributed by atoms with Gasteiger partial charge in [-0.05, 0) is 31.2 Å². The van der Waals surface area contributed by atoms with Crippen molar-refractivity contribution < 1.29 is 4.79 Å². The van der Waals surface area contributed by atoms with Crippen LogP contribution in [0.4, 0.5) is 5.69 Å². The average molecular weight is 279 g/mol. The van der Waals surface area contributed by atoms with Crippen molar-refractivity contribution in [2.75, 3.05) is 5.32 Å². The molecule has 3 nitrogen and oxygen atoms in total. The number of carbonyl (C=O) groups is 1. The third-order valence-corrected chi connectivity index (χ3v) is 2.86. The van der Waals surface area contributed by atoms with Gasteiger partial charge in [0, 0.05) is 28.2 Å². The molecule has 2 aromatic rings. The first-order valence-corrected chi connectivity index (χ1v) is 5.70. The molecule has 0 aliphatic heterocycles. The Hall–Kier alpha value is -1.42. The SMILES string of the molecule is CC(=O)Nc1ccc2nc(C)cc(Br)c2c1. The highest BCUT2D eigenvalue weighted by Crippen LogP contribution is 2.26. The van der Waals surface area contributed by atoms with Gasteiger partial charge in [0.25, 0.3) is 0 Å². The summed E-state index contributed by atoms with van der Waals surface area (Å²) in [4.78, 5) is 15.4. The number of fused-ring (bicyclic) bond motifs is 1. The lowest BCUT2D eigenvalue weighted by atomic mass is 10.2. The van der Waals surface area contributed by atoms with Gasteiger partial charge in [-0.1, -0.05) is 15.9 Å². The van der Waals surface area contributed by atoms with Crippen LogP contribution in [0.2, 0.25) is 0 Å². The summed E-state index contributed by atoms with van der Waals surface area (Å²) in [5, 5.41) is 3.75. The van der Waals surface area contributed by atoms with E-state index in [1.165, 1.54) is 6.92 Å². The Kier molecular flexibility index (Phi) is 2.92. The smallest absolute Gasteiger partial charge is 0.221 e. The summed E-state index contributed by atoms with van der Waals surface area (Å²) in [6.45, 7) is 3.44. The molecular weight excluding hydrogens is 268 g/mol. The molecule has 2 rings (SSSR count). The highest BCUT2D eigenvalue weighted by atomic mass is 79.9. The molecule has 4 heteroatoms. The number of halogens is 1. The molecule has 0 bridgehead atoms. The van der Waals surface area contributed by atoms with Gasteiger partial charge in [-0.3, -0.25) is 9.78 Å². The Morgan fingerprint density at radius 1 is 1.38 bits per heavy atom. The van der Waals surface area contributed by atoms with E-state index in [1.54, 1.807) is 0 Å². The molecule has 0 radical (unpaired) electrons. The fraction of sp³-hybridized carbons (Fsp3) is 0.167. The molecule has 1 aromatic heterocycles. The minimum absolute atomic E-state index is 0.0736. The molecule has 0 saturated carbocycles. The van der Waals surface area contributed by atoms with E-state index in [1.807, 2.05) is 31.2 Å². The third kappa shape index (κ3) is 2.22. The number of anilines is 1. The van der Waals surface area contributed by atoms with Crippen LogP contribution in [0.3, 0.4) is 0 Å². The number of pyridine rings is 1. The van der Waals surface area contributed by atoms with Gasteiger partial charge in [-0.15, -0.1) is 0 Å². The van der Waals surface area contributed by atoms with Gasteiger partial charge >= 0.3 is 0 Å². The molecule has 0 fully saturated rings. The summed E-state index contributed by atoms with van der Waals surface area (Å²) >= 11 is 3.50. The second-order valence-electron chi connectivity index (χ2n) is 3.66. The van der Waals surface area contributed by atoms with Crippen LogP contribution in [0.5, 0.6) is 0 Å². The van der Waals surface area contributed by atoms with Crippen LogP contribution >= 0.6 is 15.9 Å². The molecule has 1 N–H and O–H groups in total. The normalized spacial score (nSPS) is 10.4. The quantitative estimate of drug-likeness (QED) is 0.870. The van der Waals surface area contributed by atoms with Crippen molar-refractivity contribution in [3.63, 3.8) is 0 Å². The minimum atomic E-state index is -0.0736. The largest absolute Gasteiger partial charge is 0.326 e. The van der Waals surface area contributed by atoms with E-state index >= 15 is 0 Å². The first kappa shape index (κ1) is 11.1. The van der Waals surface area contributed by atoms with Crippen LogP contribution in [0.25, 0.3) is 10.9 Å². The standard InChI is InChI=1S/C12H11BrN2O/c1-7-5-11(13)10-6-9(15-8(2)16)3-4-12(10)14-7/h3-6H,1-2H3,(H,15,16). The molecule has 0 aliphatic carbocycles. The lowest BCUT2D eigenvalue weighted by Crippen LogP contribution is -2.05. The van der Waals surface area contributed by atoms with Gasteiger partial charge in [-0.25, -0.2) is 0 Å². The van der Waals surface area contributed by atoms with Crippen molar-refractivity contribution in [3.8, 4) is 0 Å². The number of rotatable bonds is 1. The van der Waals surface area contributed by atoms with Crippen LogP contribution in [0, 0.1) is 6.92 Å². The molecule has 1 amide bonds. The fourth-order valence-electron chi connectivity index (χ4n) is 1.59. The van der Waals surface area contributed by atoms with E-state index in [9.17, 15) is 4.79 Å². The molecule has 0 saturated heterocycles. The predicted octanol–water partition coefficient (Wildman–Crippen LogP) is 3.26. The summed E-state index contributed by atoms with van der Waals surface area (Å²) in [7, 11) is 0. The number of amides is 1. The van der Waals surface area contributed by atoms with Crippen LogP contribution < -0.4 is 5.32 Å². The van der Waals surface area contributed by atoms with E-state index in [4.69, 9.17) is 0 Å². The van der Waals surface area contributed by atoms with Crippen molar-refractivity contribution in [3.05, 3.63) is 34.4 Å². The van der Waals surface area contributed by atoms with E-state index in [2.05, 4.69) is 26.2 Å². The van der Waals surface area contributed by atoms with Gasteiger partial charge in [-0.2, -0.15) is 0 Å². The van der Waals surface area contributed by atoms with Crippen LogP contribution in [0.15, 0.2) is 28.7 Å². The Morgan fingerprint density at radius 3 is 2.81 bits per heavy atom. The van der Waals surface area contributed by atoms with Gasteiger partial charge < -0.3 is 5.32 Å². The zero-order valence-corrected chi connectivity index (χ0v) is 10.6. The number of aryl methyl sites for hydroxylation is 1. The Morgan fingerprint density at radius 2 is 2.12 bits per heavy atom. The zero-order valence-electron chi connectivity index (χ0n) is 9.04.